The molecule has 74 valence electrons. The molecule has 0 aromatic heterocycles. The highest BCUT2D eigenvalue weighted by Crippen LogP contribution is 2.18. The van der Waals surface area contributed by atoms with Crippen LogP contribution in [0.25, 0.3) is 0 Å². The first-order valence-electron chi connectivity index (χ1n) is 5.21. The molecule has 1 atom stereocenters. The predicted octanol–water partition coefficient (Wildman–Crippen LogP) is 2.35. The van der Waals surface area contributed by atoms with Gasteiger partial charge in [0, 0.05) is 19.0 Å². The van der Waals surface area contributed by atoms with Gasteiger partial charge in [-0.15, -0.1) is 6.58 Å². The van der Waals surface area contributed by atoms with Crippen molar-refractivity contribution in [2.75, 3.05) is 6.54 Å². The van der Waals surface area contributed by atoms with Crippen molar-refractivity contribution in [3.63, 3.8) is 0 Å². The maximum atomic E-state index is 11.6. The number of carbonyl (C=O) groups is 1. The molecule has 1 heterocycles. The normalized spacial score (nSPS) is 22.8. The summed E-state index contributed by atoms with van der Waals surface area (Å²) in [5, 5.41) is 0. The number of carbonyl (C=O) groups excluding carboxylic acids is 1. The molecule has 1 aliphatic rings. The minimum absolute atomic E-state index is 0.298. The molecular formula is C11H19NO. The van der Waals surface area contributed by atoms with E-state index in [4.69, 9.17) is 0 Å². The number of amides is 1. The molecule has 0 N–H and O–H groups in total. The molecule has 0 radical (unpaired) electrons. The number of nitrogens with zero attached hydrogens (tertiary/aromatic N) is 1. The van der Waals surface area contributed by atoms with Crippen molar-refractivity contribution < 1.29 is 4.79 Å². The summed E-state index contributed by atoms with van der Waals surface area (Å²) < 4.78 is 0. The number of hydrogen-bond acceptors (Lipinski definition) is 1. The van der Waals surface area contributed by atoms with Crippen LogP contribution >= 0.6 is 0 Å². The fraction of sp³-hybridized carbons (Fsp3) is 0.727. The zero-order chi connectivity index (χ0) is 9.68. The second kappa shape index (κ2) is 5.05. The summed E-state index contributed by atoms with van der Waals surface area (Å²) in [5.41, 5.74) is 0. The highest BCUT2D eigenvalue weighted by Gasteiger charge is 2.23. The first-order valence-corrected chi connectivity index (χ1v) is 5.21. The molecule has 1 unspecified atom stereocenters. The van der Waals surface area contributed by atoms with E-state index in [1.165, 1.54) is 6.42 Å². The number of likely N-dealkylation sites (tertiary alicyclic amines) is 1. The number of piperidine rings is 1. The molecule has 1 aliphatic heterocycles. The molecule has 2 heteroatoms. The topological polar surface area (TPSA) is 20.3 Å². The lowest BCUT2D eigenvalue weighted by molar-refractivity contribution is -0.133. The van der Waals surface area contributed by atoms with E-state index < -0.39 is 0 Å². The van der Waals surface area contributed by atoms with Crippen LogP contribution in [0.2, 0.25) is 0 Å². The molecule has 0 aliphatic carbocycles. The van der Waals surface area contributed by atoms with Crippen LogP contribution in [0.15, 0.2) is 12.7 Å². The van der Waals surface area contributed by atoms with Crippen molar-refractivity contribution in [1.82, 2.24) is 4.90 Å². The molecular weight excluding hydrogens is 162 g/mol. The van der Waals surface area contributed by atoms with E-state index in [0.29, 0.717) is 18.4 Å². The molecule has 0 saturated carbocycles. The van der Waals surface area contributed by atoms with Crippen LogP contribution in [0.5, 0.6) is 0 Å². The Labute approximate surface area is 80.6 Å². The highest BCUT2D eigenvalue weighted by molar-refractivity contribution is 5.76. The maximum Gasteiger partial charge on any atom is 0.223 e. The number of hydrogen-bond donors (Lipinski definition) is 0. The highest BCUT2D eigenvalue weighted by atomic mass is 16.2. The van der Waals surface area contributed by atoms with Crippen molar-refractivity contribution in [2.45, 2.75) is 45.1 Å². The minimum Gasteiger partial charge on any atom is -0.336 e. The predicted molar refractivity (Wildman–Crippen MR) is 54.5 cm³/mol. The summed E-state index contributed by atoms with van der Waals surface area (Å²) >= 11 is 0. The van der Waals surface area contributed by atoms with E-state index in [0.717, 1.165) is 25.8 Å². The van der Waals surface area contributed by atoms with Crippen molar-refractivity contribution >= 4 is 5.91 Å². The Morgan fingerprint density at radius 1 is 1.62 bits per heavy atom. The van der Waals surface area contributed by atoms with Gasteiger partial charge in [0.25, 0.3) is 0 Å². The van der Waals surface area contributed by atoms with Crippen LogP contribution in [0.1, 0.15) is 39.0 Å². The largest absolute Gasteiger partial charge is 0.336 e. The van der Waals surface area contributed by atoms with Gasteiger partial charge in [-0.25, -0.2) is 0 Å². The Morgan fingerprint density at radius 2 is 2.38 bits per heavy atom. The first-order chi connectivity index (χ1) is 6.29. The summed E-state index contributed by atoms with van der Waals surface area (Å²) in [7, 11) is 0. The summed E-state index contributed by atoms with van der Waals surface area (Å²) in [6.45, 7) is 6.76. The van der Waals surface area contributed by atoms with Crippen LogP contribution in [-0.2, 0) is 4.79 Å². The molecule has 13 heavy (non-hydrogen) atoms. The third kappa shape index (κ3) is 2.58. The smallest absolute Gasteiger partial charge is 0.223 e. The van der Waals surface area contributed by atoms with Crippen LogP contribution in [-0.4, -0.2) is 23.4 Å². The van der Waals surface area contributed by atoms with Crippen molar-refractivity contribution in [3.8, 4) is 0 Å². The lowest BCUT2D eigenvalue weighted by Crippen LogP contribution is -2.42. The SMILES string of the molecule is C=CC1CCCCN1C(=O)CCC. The van der Waals surface area contributed by atoms with Crippen molar-refractivity contribution in [1.29, 1.82) is 0 Å². The number of rotatable bonds is 3. The van der Waals surface area contributed by atoms with E-state index in [2.05, 4.69) is 6.58 Å². The van der Waals surface area contributed by atoms with Crippen LogP contribution in [0, 0.1) is 0 Å². The fourth-order valence-electron chi connectivity index (χ4n) is 1.87. The van der Waals surface area contributed by atoms with E-state index in [-0.39, 0.29) is 0 Å². The summed E-state index contributed by atoms with van der Waals surface area (Å²) in [6, 6.07) is 0.299. The zero-order valence-corrected chi connectivity index (χ0v) is 8.46. The summed E-state index contributed by atoms with van der Waals surface area (Å²) in [5.74, 6) is 0.298. The van der Waals surface area contributed by atoms with Crippen LogP contribution in [0.4, 0.5) is 0 Å². The summed E-state index contributed by atoms with van der Waals surface area (Å²) in [4.78, 5) is 13.6. The van der Waals surface area contributed by atoms with Gasteiger partial charge in [0.05, 0.1) is 0 Å². The van der Waals surface area contributed by atoms with Gasteiger partial charge in [0.2, 0.25) is 5.91 Å². The third-order valence-corrected chi connectivity index (χ3v) is 2.61. The van der Waals surface area contributed by atoms with Gasteiger partial charge in [-0.1, -0.05) is 13.0 Å². The van der Waals surface area contributed by atoms with Gasteiger partial charge in [-0.3, -0.25) is 4.79 Å². The van der Waals surface area contributed by atoms with E-state index in [1.54, 1.807) is 0 Å². The molecule has 1 rings (SSSR count). The van der Waals surface area contributed by atoms with Crippen LogP contribution in [0.3, 0.4) is 0 Å². The molecule has 0 aromatic rings. The molecule has 1 saturated heterocycles. The van der Waals surface area contributed by atoms with Crippen molar-refractivity contribution in [3.05, 3.63) is 12.7 Å². The Kier molecular flexibility index (Phi) is 4.00. The Morgan fingerprint density at radius 3 is 3.00 bits per heavy atom. The quantitative estimate of drug-likeness (QED) is 0.612. The van der Waals surface area contributed by atoms with E-state index >= 15 is 0 Å². The molecule has 1 amide bonds. The lowest BCUT2D eigenvalue weighted by atomic mass is 10.0. The molecule has 0 spiro atoms. The molecule has 0 bridgehead atoms. The average molecular weight is 181 g/mol. The van der Waals surface area contributed by atoms with Gasteiger partial charge in [0.1, 0.15) is 0 Å². The Hall–Kier alpha value is -0.790. The molecule has 2 nitrogen and oxygen atoms in total. The Bertz CT molecular complexity index is 189. The van der Waals surface area contributed by atoms with E-state index in [9.17, 15) is 4.79 Å². The third-order valence-electron chi connectivity index (χ3n) is 2.61. The fourth-order valence-corrected chi connectivity index (χ4v) is 1.87. The molecule has 0 aromatic carbocycles. The van der Waals surface area contributed by atoms with Gasteiger partial charge in [-0.2, -0.15) is 0 Å². The van der Waals surface area contributed by atoms with Gasteiger partial charge >= 0.3 is 0 Å². The minimum atomic E-state index is 0.298. The standard InChI is InChI=1S/C11H19NO/c1-3-7-11(13)12-9-6-5-8-10(12)4-2/h4,10H,2-3,5-9H2,1H3. The zero-order valence-electron chi connectivity index (χ0n) is 8.46. The van der Waals surface area contributed by atoms with Crippen molar-refractivity contribution in [2.24, 2.45) is 0 Å². The summed E-state index contributed by atoms with van der Waals surface area (Å²) in [6.07, 6.45) is 7.02. The van der Waals surface area contributed by atoms with E-state index in [1.807, 2.05) is 17.9 Å². The van der Waals surface area contributed by atoms with Gasteiger partial charge < -0.3 is 4.90 Å². The second-order valence-electron chi connectivity index (χ2n) is 3.64. The lowest BCUT2D eigenvalue weighted by Gasteiger charge is -2.33. The first kappa shape index (κ1) is 10.3. The van der Waals surface area contributed by atoms with Gasteiger partial charge in [0.15, 0.2) is 0 Å². The second-order valence-corrected chi connectivity index (χ2v) is 3.64. The van der Waals surface area contributed by atoms with Gasteiger partial charge in [-0.05, 0) is 25.7 Å². The maximum absolute atomic E-state index is 11.6. The average Bonchev–Trinajstić information content (AvgIpc) is 2.18. The molecule has 1 fully saturated rings. The van der Waals surface area contributed by atoms with Crippen LogP contribution < -0.4 is 0 Å². The Balaban J connectivity index is 2.53. The monoisotopic (exact) mass is 181 g/mol.